The third kappa shape index (κ3) is 2.44. The molecular weight excluding hydrogens is 371 g/mol. The Morgan fingerprint density at radius 2 is 1.30 bits per heavy atom. The van der Waals surface area contributed by atoms with E-state index in [2.05, 4.69) is 66.7 Å². The molecule has 30 heavy (non-hydrogen) atoms. The molecule has 6 rings (SSSR count). The molecule has 142 valence electrons. The highest BCUT2D eigenvalue weighted by molar-refractivity contribution is 6.24. The van der Waals surface area contributed by atoms with Crippen molar-refractivity contribution in [1.82, 2.24) is 0 Å². The second kappa shape index (κ2) is 6.65. The van der Waals surface area contributed by atoms with Crippen molar-refractivity contribution in [3.05, 3.63) is 91.0 Å². The molecule has 0 aliphatic rings. The summed E-state index contributed by atoms with van der Waals surface area (Å²) in [4.78, 5) is 0. The van der Waals surface area contributed by atoms with Gasteiger partial charge in [-0.2, -0.15) is 0 Å². The number of rotatable bonds is 3. The second-order valence-electron chi connectivity index (χ2n) is 7.38. The van der Waals surface area contributed by atoms with Crippen LogP contribution in [0.15, 0.2) is 95.4 Å². The molecule has 5 aromatic carbocycles. The lowest BCUT2D eigenvalue weighted by atomic mass is 9.96. The molecule has 0 amide bonds. The van der Waals surface area contributed by atoms with Gasteiger partial charge in [0.1, 0.15) is 11.3 Å². The zero-order chi connectivity index (χ0) is 20.1. The molecule has 0 saturated heterocycles. The highest BCUT2D eigenvalue weighted by Gasteiger charge is 2.19. The topological polar surface area (TPSA) is 42.6 Å². The Morgan fingerprint density at radius 1 is 0.633 bits per heavy atom. The van der Waals surface area contributed by atoms with Crippen molar-refractivity contribution in [1.29, 1.82) is 0 Å². The molecule has 0 atom stereocenters. The van der Waals surface area contributed by atoms with Crippen LogP contribution in [0.4, 0.5) is 0 Å². The number of furan rings is 1. The minimum Gasteiger partial charge on any atom is -0.536 e. The summed E-state index contributed by atoms with van der Waals surface area (Å²) in [6, 6.07) is 31.1. The van der Waals surface area contributed by atoms with E-state index in [0.29, 0.717) is 11.3 Å². The zero-order valence-corrected chi connectivity index (χ0v) is 16.1. The first-order valence-electron chi connectivity index (χ1n) is 9.94. The molecule has 0 radical (unpaired) electrons. The van der Waals surface area contributed by atoms with Gasteiger partial charge in [-0.25, -0.2) is 0 Å². The Labute approximate surface area is 173 Å². The van der Waals surface area contributed by atoms with Crippen LogP contribution in [-0.4, -0.2) is 12.7 Å². The fourth-order valence-electron chi connectivity index (χ4n) is 4.47. The normalized spacial score (nSPS) is 11.5. The quantitative estimate of drug-likeness (QED) is 0.367. The van der Waals surface area contributed by atoms with Crippen molar-refractivity contribution >= 4 is 51.2 Å². The lowest BCUT2D eigenvalue weighted by Gasteiger charge is -2.07. The van der Waals surface area contributed by atoms with Crippen LogP contribution >= 0.6 is 0 Å². The largest absolute Gasteiger partial charge is 0.536 e. The maximum atomic E-state index is 9.41. The molecule has 0 unspecified atom stereocenters. The third-order valence-electron chi connectivity index (χ3n) is 5.76. The molecule has 0 aliphatic heterocycles. The SMILES string of the molecule is OBOc1cc2ccccc2c2c1oc1c(-c3cccc4ccccc34)cccc12. The second-order valence-corrected chi connectivity index (χ2v) is 7.38. The van der Waals surface area contributed by atoms with Crippen LogP contribution in [0.25, 0.3) is 54.6 Å². The van der Waals surface area contributed by atoms with Gasteiger partial charge in [0.25, 0.3) is 0 Å². The van der Waals surface area contributed by atoms with Gasteiger partial charge in [-0.15, -0.1) is 0 Å². The van der Waals surface area contributed by atoms with Gasteiger partial charge < -0.3 is 14.1 Å². The van der Waals surface area contributed by atoms with Gasteiger partial charge in [0.05, 0.1) is 0 Å². The molecule has 1 N–H and O–H groups in total. The van der Waals surface area contributed by atoms with Crippen molar-refractivity contribution in [2.75, 3.05) is 0 Å². The first-order valence-corrected chi connectivity index (χ1v) is 9.94. The summed E-state index contributed by atoms with van der Waals surface area (Å²) in [7, 11) is -0.402. The summed E-state index contributed by atoms with van der Waals surface area (Å²) in [6.07, 6.45) is 0. The number of para-hydroxylation sites is 1. The van der Waals surface area contributed by atoms with Crippen molar-refractivity contribution in [3.63, 3.8) is 0 Å². The third-order valence-corrected chi connectivity index (χ3v) is 5.76. The Kier molecular flexibility index (Phi) is 3.80. The maximum Gasteiger partial charge on any atom is 0.504 e. The minimum atomic E-state index is -0.402. The average Bonchev–Trinajstić information content (AvgIpc) is 3.19. The Morgan fingerprint density at radius 3 is 2.17 bits per heavy atom. The summed E-state index contributed by atoms with van der Waals surface area (Å²) in [5, 5.41) is 16.0. The van der Waals surface area contributed by atoms with Crippen LogP contribution in [0, 0.1) is 0 Å². The van der Waals surface area contributed by atoms with Gasteiger partial charge >= 0.3 is 7.69 Å². The number of hydrogen-bond acceptors (Lipinski definition) is 3. The summed E-state index contributed by atoms with van der Waals surface area (Å²) >= 11 is 0. The first kappa shape index (κ1) is 17.1. The van der Waals surface area contributed by atoms with Crippen LogP contribution in [0.5, 0.6) is 5.75 Å². The van der Waals surface area contributed by atoms with E-state index in [4.69, 9.17) is 9.07 Å². The first-order chi connectivity index (χ1) is 14.8. The Hall–Kier alpha value is -3.76. The summed E-state index contributed by atoms with van der Waals surface area (Å²) in [6.45, 7) is 0. The number of benzene rings is 5. The van der Waals surface area contributed by atoms with Gasteiger partial charge in [-0.05, 0) is 33.2 Å². The van der Waals surface area contributed by atoms with Crippen molar-refractivity contribution in [2.45, 2.75) is 0 Å². The predicted octanol–water partition coefficient (Wildman–Crippen LogP) is 6.20. The fraction of sp³-hybridized carbons (Fsp3) is 0. The molecule has 0 bridgehead atoms. The predicted molar refractivity (Wildman–Crippen MR) is 124 cm³/mol. The molecule has 0 saturated carbocycles. The van der Waals surface area contributed by atoms with E-state index in [-0.39, 0.29) is 0 Å². The summed E-state index contributed by atoms with van der Waals surface area (Å²) in [5.41, 5.74) is 3.65. The average molecular weight is 388 g/mol. The van der Waals surface area contributed by atoms with E-state index >= 15 is 0 Å². The van der Waals surface area contributed by atoms with Gasteiger partial charge in [-0.1, -0.05) is 84.9 Å². The minimum absolute atomic E-state index is 0.402. The van der Waals surface area contributed by atoms with E-state index in [0.717, 1.165) is 38.3 Å². The molecule has 1 heterocycles. The van der Waals surface area contributed by atoms with Gasteiger partial charge in [0, 0.05) is 16.3 Å². The van der Waals surface area contributed by atoms with Gasteiger partial charge in [0.15, 0.2) is 5.58 Å². The molecule has 0 aliphatic carbocycles. The van der Waals surface area contributed by atoms with E-state index in [1.165, 1.54) is 10.8 Å². The van der Waals surface area contributed by atoms with E-state index < -0.39 is 7.69 Å². The van der Waals surface area contributed by atoms with Crippen LogP contribution in [0.2, 0.25) is 0 Å². The highest BCUT2D eigenvalue weighted by atomic mass is 16.5. The van der Waals surface area contributed by atoms with E-state index in [9.17, 15) is 5.02 Å². The number of fused-ring (bicyclic) bond motifs is 6. The van der Waals surface area contributed by atoms with E-state index in [1.54, 1.807) is 0 Å². The smallest absolute Gasteiger partial charge is 0.504 e. The monoisotopic (exact) mass is 388 g/mol. The molecule has 0 fully saturated rings. The lowest BCUT2D eigenvalue weighted by Crippen LogP contribution is -1.99. The van der Waals surface area contributed by atoms with Gasteiger partial charge in [0.2, 0.25) is 0 Å². The van der Waals surface area contributed by atoms with Crippen molar-refractivity contribution in [2.24, 2.45) is 0 Å². The fourth-order valence-corrected chi connectivity index (χ4v) is 4.47. The van der Waals surface area contributed by atoms with Crippen LogP contribution in [-0.2, 0) is 0 Å². The van der Waals surface area contributed by atoms with Crippen LogP contribution in [0.3, 0.4) is 0 Å². The van der Waals surface area contributed by atoms with Crippen molar-refractivity contribution in [3.8, 4) is 16.9 Å². The molecule has 4 heteroatoms. The van der Waals surface area contributed by atoms with Gasteiger partial charge in [-0.3, -0.25) is 0 Å². The van der Waals surface area contributed by atoms with E-state index in [1.807, 2.05) is 24.3 Å². The Balaban J connectivity index is 1.77. The summed E-state index contributed by atoms with van der Waals surface area (Å²) < 4.78 is 12.0. The molecule has 3 nitrogen and oxygen atoms in total. The maximum absolute atomic E-state index is 9.41. The van der Waals surface area contributed by atoms with Crippen molar-refractivity contribution < 1.29 is 14.1 Å². The highest BCUT2D eigenvalue weighted by Crippen LogP contribution is 2.44. The number of hydrogen-bond donors (Lipinski definition) is 1. The Bertz CT molecular complexity index is 1560. The lowest BCUT2D eigenvalue weighted by molar-refractivity contribution is 0.451. The zero-order valence-electron chi connectivity index (χ0n) is 16.1. The standard InChI is InChI=1S/C26H17BO3/c28-27-30-23-15-17-8-2-4-11-19(17)24-22-14-6-13-21(25(22)29-26(23)24)20-12-5-9-16-7-1-3-10-18(16)20/h1-15,27-28H. The molecule has 6 aromatic rings. The summed E-state index contributed by atoms with van der Waals surface area (Å²) in [5.74, 6) is 0.547. The van der Waals surface area contributed by atoms with Crippen LogP contribution in [0.1, 0.15) is 0 Å². The molecular formula is C26H17BO3. The molecule has 1 aromatic heterocycles. The van der Waals surface area contributed by atoms with Crippen LogP contribution < -0.4 is 4.65 Å². The molecule has 0 spiro atoms.